The standard InChI is InChI=1S/C33H42O3/c34-31(25-17-27(21-9-1-2-10-21)32(35)28(18-25)22-11-3-4-12-22)26-19-29(23-13-5-6-14-23)33(36)30(20-26)24-15-7-8-16-24/h17-24,35-36H,1-16H2. The van der Waals surface area contributed by atoms with Crippen LogP contribution in [-0.4, -0.2) is 16.0 Å². The molecule has 4 aliphatic rings. The summed E-state index contributed by atoms with van der Waals surface area (Å²) in [6.45, 7) is 0. The number of ketones is 1. The Balaban J connectivity index is 1.44. The number of carbonyl (C=O) groups excluding carboxylic acids is 1. The summed E-state index contributed by atoms with van der Waals surface area (Å²) >= 11 is 0. The van der Waals surface area contributed by atoms with E-state index in [1.54, 1.807) is 0 Å². The number of carbonyl (C=O) groups is 1. The largest absolute Gasteiger partial charge is 0.507 e. The smallest absolute Gasteiger partial charge is 0.193 e. The van der Waals surface area contributed by atoms with Crippen LogP contribution in [0.5, 0.6) is 11.5 Å². The van der Waals surface area contributed by atoms with Crippen LogP contribution in [-0.2, 0) is 0 Å². The highest BCUT2D eigenvalue weighted by Gasteiger charge is 2.31. The number of benzene rings is 2. The third-order valence-electron chi connectivity index (χ3n) is 10.0. The third-order valence-corrected chi connectivity index (χ3v) is 10.0. The van der Waals surface area contributed by atoms with Crippen molar-refractivity contribution in [1.29, 1.82) is 0 Å². The van der Waals surface area contributed by atoms with Crippen molar-refractivity contribution < 1.29 is 15.0 Å². The Kier molecular flexibility index (Phi) is 6.84. The molecule has 0 atom stereocenters. The van der Waals surface area contributed by atoms with Gasteiger partial charge >= 0.3 is 0 Å². The zero-order chi connectivity index (χ0) is 24.6. The fourth-order valence-electron chi connectivity index (χ4n) is 7.98. The molecular weight excluding hydrogens is 444 g/mol. The van der Waals surface area contributed by atoms with E-state index in [0.29, 0.717) is 35.2 Å². The minimum atomic E-state index is 0.0620. The summed E-state index contributed by atoms with van der Waals surface area (Å²) in [5.74, 6) is 2.44. The number of phenolic OH excluding ortho intramolecular Hbond substituents is 2. The van der Waals surface area contributed by atoms with Gasteiger partial charge in [-0.05, 0) is 122 Å². The molecule has 36 heavy (non-hydrogen) atoms. The van der Waals surface area contributed by atoms with Crippen LogP contribution in [0.15, 0.2) is 24.3 Å². The van der Waals surface area contributed by atoms with Crippen molar-refractivity contribution in [1.82, 2.24) is 0 Å². The molecule has 0 aliphatic heterocycles. The van der Waals surface area contributed by atoms with Crippen LogP contribution in [0.25, 0.3) is 0 Å². The monoisotopic (exact) mass is 486 g/mol. The van der Waals surface area contributed by atoms with E-state index in [1.807, 2.05) is 24.3 Å². The van der Waals surface area contributed by atoms with Gasteiger partial charge in [-0.25, -0.2) is 0 Å². The first-order chi connectivity index (χ1) is 17.6. The van der Waals surface area contributed by atoms with Crippen molar-refractivity contribution in [3.63, 3.8) is 0 Å². The van der Waals surface area contributed by atoms with Gasteiger partial charge in [0.05, 0.1) is 0 Å². The zero-order valence-electron chi connectivity index (χ0n) is 21.7. The number of rotatable bonds is 6. The molecule has 192 valence electrons. The van der Waals surface area contributed by atoms with E-state index >= 15 is 0 Å². The molecule has 4 aliphatic carbocycles. The number of aromatic hydroxyl groups is 2. The van der Waals surface area contributed by atoms with Crippen LogP contribution >= 0.6 is 0 Å². The highest BCUT2D eigenvalue weighted by molar-refractivity contribution is 6.09. The first kappa shape index (κ1) is 24.1. The topological polar surface area (TPSA) is 57.5 Å². The maximum absolute atomic E-state index is 14.2. The summed E-state index contributed by atoms with van der Waals surface area (Å²) in [6, 6.07) is 8.07. The molecule has 0 heterocycles. The highest BCUT2D eigenvalue weighted by atomic mass is 16.3. The lowest BCUT2D eigenvalue weighted by molar-refractivity contribution is 0.103. The second-order valence-electron chi connectivity index (χ2n) is 12.3. The summed E-state index contributed by atoms with van der Waals surface area (Å²) in [5.41, 5.74) is 5.49. The molecule has 2 aromatic rings. The molecule has 3 heteroatoms. The highest BCUT2D eigenvalue weighted by Crippen LogP contribution is 2.48. The van der Waals surface area contributed by atoms with Gasteiger partial charge in [-0.1, -0.05) is 51.4 Å². The van der Waals surface area contributed by atoms with Crippen molar-refractivity contribution in [2.75, 3.05) is 0 Å². The normalized spacial score (nSPS) is 22.2. The molecule has 0 amide bonds. The Labute approximate surface area is 216 Å². The van der Waals surface area contributed by atoms with E-state index in [4.69, 9.17) is 0 Å². The van der Waals surface area contributed by atoms with Gasteiger partial charge in [0.25, 0.3) is 0 Å². The Morgan fingerprint density at radius 3 is 0.917 bits per heavy atom. The molecule has 0 unspecified atom stereocenters. The fraction of sp³-hybridized carbons (Fsp3) is 0.606. The average Bonchev–Trinajstić information content (AvgIpc) is 3.72. The molecule has 0 aromatic heterocycles. The lowest BCUT2D eigenvalue weighted by Gasteiger charge is -2.22. The van der Waals surface area contributed by atoms with Crippen molar-refractivity contribution in [3.05, 3.63) is 57.6 Å². The van der Waals surface area contributed by atoms with Crippen LogP contribution < -0.4 is 0 Å². The summed E-state index contributed by atoms with van der Waals surface area (Å²) < 4.78 is 0. The fourth-order valence-corrected chi connectivity index (χ4v) is 7.98. The summed E-state index contributed by atoms with van der Waals surface area (Å²) in [6.07, 6.45) is 18.4. The van der Waals surface area contributed by atoms with Gasteiger partial charge in [-0.3, -0.25) is 4.79 Å². The quantitative estimate of drug-likeness (QED) is 0.401. The van der Waals surface area contributed by atoms with E-state index in [2.05, 4.69) is 0 Å². The van der Waals surface area contributed by atoms with E-state index < -0.39 is 0 Å². The molecule has 2 aromatic carbocycles. The van der Waals surface area contributed by atoms with Gasteiger partial charge in [-0.15, -0.1) is 0 Å². The van der Waals surface area contributed by atoms with E-state index in [1.165, 1.54) is 51.4 Å². The lowest BCUT2D eigenvalue weighted by atomic mass is 9.83. The Hall–Kier alpha value is -2.29. The van der Waals surface area contributed by atoms with Gasteiger partial charge in [0.15, 0.2) is 5.78 Å². The van der Waals surface area contributed by atoms with Gasteiger partial charge in [0.2, 0.25) is 0 Å². The molecule has 0 radical (unpaired) electrons. The predicted molar refractivity (Wildman–Crippen MR) is 144 cm³/mol. The Morgan fingerprint density at radius 2 is 0.694 bits per heavy atom. The molecule has 4 fully saturated rings. The van der Waals surface area contributed by atoms with E-state index in [9.17, 15) is 15.0 Å². The minimum absolute atomic E-state index is 0.0620. The van der Waals surface area contributed by atoms with Gasteiger partial charge in [0.1, 0.15) is 11.5 Å². The Morgan fingerprint density at radius 1 is 0.472 bits per heavy atom. The zero-order valence-corrected chi connectivity index (χ0v) is 21.7. The molecule has 0 saturated heterocycles. The van der Waals surface area contributed by atoms with E-state index in [-0.39, 0.29) is 5.78 Å². The first-order valence-corrected chi connectivity index (χ1v) is 14.9. The number of hydrogen-bond donors (Lipinski definition) is 2. The average molecular weight is 487 g/mol. The van der Waals surface area contributed by atoms with Gasteiger partial charge in [0, 0.05) is 11.1 Å². The molecule has 3 nitrogen and oxygen atoms in total. The molecule has 0 spiro atoms. The van der Waals surface area contributed by atoms with Crippen LogP contribution in [0.4, 0.5) is 0 Å². The van der Waals surface area contributed by atoms with E-state index in [0.717, 1.165) is 84.7 Å². The second-order valence-corrected chi connectivity index (χ2v) is 12.3. The molecule has 2 N–H and O–H groups in total. The predicted octanol–water partition coefficient (Wildman–Crippen LogP) is 8.96. The first-order valence-electron chi connectivity index (χ1n) is 14.9. The number of hydrogen-bond acceptors (Lipinski definition) is 3. The van der Waals surface area contributed by atoms with Crippen LogP contribution in [0.3, 0.4) is 0 Å². The lowest BCUT2D eigenvalue weighted by Crippen LogP contribution is -2.10. The summed E-state index contributed by atoms with van der Waals surface area (Å²) in [5, 5.41) is 22.7. The summed E-state index contributed by atoms with van der Waals surface area (Å²) in [4.78, 5) is 14.2. The molecule has 6 rings (SSSR count). The second kappa shape index (κ2) is 10.2. The molecule has 0 bridgehead atoms. The molecule has 4 saturated carbocycles. The third kappa shape index (κ3) is 4.48. The molecular formula is C33H42O3. The minimum Gasteiger partial charge on any atom is -0.507 e. The van der Waals surface area contributed by atoms with Crippen molar-refractivity contribution in [2.45, 2.75) is 126 Å². The van der Waals surface area contributed by atoms with Crippen LogP contribution in [0, 0.1) is 0 Å². The van der Waals surface area contributed by atoms with Crippen LogP contribution in [0.2, 0.25) is 0 Å². The van der Waals surface area contributed by atoms with Gasteiger partial charge in [-0.2, -0.15) is 0 Å². The van der Waals surface area contributed by atoms with Crippen LogP contribution in [0.1, 0.15) is 165 Å². The number of phenols is 2. The Bertz CT molecular complexity index is 946. The maximum atomic E-state index is 14.2. The van der Waals surface area contributed by atoms with Crippen molar-refractivity contribution >= 4 is 5.78 Å². The SMILES string of the molecule is O=C(c1cc(C2CCCC2)c(O)c(C2CCCC2)c1)c1cc(C2CCCC2)c(O)c(C2CCCC2)c1. The van der Waals surface area contributed by atoms with Crippen molar-refractivity contribution in [2.24, 2.45) is 0 Å². The summed E-state index contributed by atoms with van der Waals surface area (Å²) in [7, 11) is 0. The van der Waals surface area contributed by atoms with Gasteiger partial charge < -0.3 is 10.2 Å². The maximum Gasteiger partial charge on any atom is 0.193 e. The van der Waals surface area contributed by atoms with Crippen molar-refractivity contribution in [3.8, 4) is 11.5 Å².